The van der Waals surface area contributed by atoms with Gasteiger partial charge in [-0.05, 0) is 31.2 Å². The van der Waals surface area contributed by atoms with Gasteiger partial charge in [0.15, 0.2) is 0 Å². The van der Waals surface area contributed by atoms with E-state index in [9.17, 15) is 0 Å². The Kier molecular flexibility index (Phi) is 3.75. The summed E-state index contributed by atoms with van der Waals surface area (Å²) in [5.74, 6) is 0. The molecule has 0 N–H and O–H groups in total. The molecule has 0 radical (unpaired) electrons. The van der Waals surface area contributed by atoms with E-state index in [2.05, 4.69) is 35.4 Å². The third kappa shape index (κ3) is 2.80. The Morgan fingerprint density at radius 1 is 1.33 bits per heavy atom. The third-order valence-electron chi connectivity index (χ3n) is 3.17. The molecule has 1 fully saturated rings. The molecule has 1 aromatic carbocycles. The lowest BCUT2D eigenvalue weighted by atomic mass is 10.0. The molecular weight excluding hydrogens is 186 g/mol. The van der Waals surface area contributed by atoms with E-state index < -0.39 is 0 Å². The number of nitrogens with zero attached hydrogens (tertiary/aromatic N) is 1. The summed E-state index contributed by atoms with van der Waals surface area (Å²) in [6.45, 7) is 1.09. The molecule has 0 bridgehead atoms. The number of rotatable bonds is 4. The van der Waals surface area contributed by atoms with Gasteiger partial charge in [0.05, 0.1) is 7.11 Å². The third-order valence-corrected chi connectivity index (χ3v) is 3.17. The van der Waals surface area contributed by atoms with E-state index in [0.29, 0.717) is 6.04 Å². The standard InChI is InChI=1S/C13H19NO/c1-15-14-11-5-8-13(14)10-9-12-6-3-2-4-7-12/h2-4,6-7,13H,5,8-11H2,1H3. The molecule has 1 aliphatic rings. The molecule has 1 aliphatic heterocycles. The zero-order chi connectivity index (χ0) is 10.5. The van der Waals surface area contributed by atoms with Crippen molar-refractivity contribution in [2.45, 2.75) is 31.7 Å². The molecule has 0 aromatic heterocycles. The quantitative estimate of drug-likeness (QED) is 0.749. The van der Waals surface area contributed by atoms with E-state index in [4.69, 9.17) is 4.84 Å². The minimum absolute atomic E-state index is 0.621. The van der Waals surface area contributed by atoms with Crippen molar-refractivity contribution >= 4 is 0 Å². The minimum Gasteiger partial charge on any atom is -0.302 e. The first-order valence-electron chi connectivity index (χ1n) is 5.75. The highest BCUT2D eigenvalue weighted by Crippen LogP contribution is 2.21. The van der Waals surface area contributed by atoms with Gasteiger partial charge < -0.3 is 4.84 Å². The van der Waals surface area contributed by atoms with Crippen LogP contribution in [0.2, 0.25) is 0 Å². The Morgan fingerprint density at radius 2 is 2.13 bits per heavy atom. The fraction of sp³-hybridized carbons (Fsp3) is 0.538. The smallest absolute Gasteiger partial charge is 0.0575 e. The molecular formula is C13H19NO. The van der Waals surface area contributed by atoms with E-state index in [1.54, 1.807) is 7.11 Å². The second-order valence-electron chi connectivity index (χ2n) is 4.14. The van der Waals surface area contributed by atoms with Crippen LogP contribution in [0.15, 0.2) is 30.3 Å². The van der Waals surface area contributed by atoms with Gasteiger partial charge in [-0.15, -0.1) is 0 Å². The largest absolute Gasteiger partial charge is 0.302 e. The van der Waals surface area contributed by atoms with Gasteiger partial charge in [0, 0.05) is 12.6 Å². The van der Waals surface area contributed by atoms with Crippen LogP contribution in [0.4, 0.5) is 0 Å². The molecule has 82 valence electrons. The Morgan fingerprint density at radius 3 is 2.87 bits per heavy atom. The van der Waals surface area contributed by atoms with Crippen LogP contribution in [0.5, 0.6) is 0 Å². The fourth-order valence-corrected chi connectivity index (χ4v) is 2.32. The maximum atomic E-state index is 5.35. The van der Waals surface area contributed by atoms with Crippen LogP contribution in [-0.4, -0.2) is 24.8 Å². The number of benzene rings is 1. The summed E-state index contributed by atoms with van der Waals surface area (Å²) < 4.78 is 0. The van der Waals surface area contributed by atoms with Crippen molar-refractivity contribution in [2.75, 3.05) is 13.7 Å². The molecule has 1 unspecified atom stereocenters. The minimum atomic E-state index is 0.621. The predicted octanol–water partition coefficient (Wildman–Crippen LogP) is 2.65. The van der Waals surface area contributed by atoms with Gasteiger partial charge in [-0.2, -0.15) is 5.06 Å². The van der Waals surface area contributed by atoms with Gasteiger partial charge in [-0.25, -0.2) is 0 Å². The van der Waals surface area contributed by atoms with Gasteiger partial charge in [0.1, 0.15) is 0 Å². The average molecular weight is 205 g/mol. The zero-order valence-corrected chi connectivity index (χ0v) is 9.36. The molecule has 1 atom stereocenters. The number of hydrogen-bond donors (Lipinski definition) is 0. The van der Waals surface area contributed by atoms with Crippen LogP contribution >= 0.6 is 0 Å². The van der Waals surface area contributed by atoms with Crippen molar-refractivity contribution in [3.05, 3.63) is 35.9 Å². The topological polar surface area (TPSA) is 12.5 Å². The second kappa shape index (κ2) is 5.29. The average Bonchev–Trinajstić information content (AvgIpc) is 2.75. The van der Waals surface area contributed by atoms with Gasteiger partial charge in [0.25, 0.3) is 0 Å². The lowest BCUT2D eigenvalue weighted by molar-refractivity contribution is -0.142. The van der Waals surface area contributed by atoms with E-state index in [-0.39, 0.29) is 0 Å². The van der Waals surface area contributed by atoms with Gasteiger partial charge in [-0.3, -0.25) is 0 Å². The van der Waals surface area contributed by atoms with Crippen LogP contribution in [0.1, 0.15) is 24.8 Å². The van der Waals surface area contributed by atoms with Crippen molar-refractivity contribution in [2.24, 2.45) is 0 Å². The van der Waals surface area contributed by atoms with Crippen LogP contribution < -0.4 is 0 Å². The molecule has 0 saturated carbocycles. The summed E-state index contributed by atoms with van der Waals surface area (Å²) in [7, 11) is 1.78. The molecule has 2 rings (SSSR count). The normalized spacial score (nSPS) is 22.1. The summed E-state index contributed by atoms with van der Waals surface area (Å²) in [5, 5.41) is 2.13. The Hall–Kier alpha value is -0.860. The lowest BCUT2D eigenvalue weighted by Crippen LogP contribution is -2.28. The van der Waals surface area contributed by atoms with E-state index in [1.165, 1.54) is 24.8 Å². The van der Waals surface area contributed by atoms with Crippen molar-refractivity contribution in [3.63, 3.8) is 0 Å². The van der Waals surface area contributed by atoms with E-state index in [1.807, 2.05) is 0 Å². The summed E-state index contributed by atoms with van der Waals surface area (Å²) in [6, 6.07) is 11.3. The summed E-state index contributed by atoms with van der Waals surface area (Å²) >= 11 is 0. The van der Waals surface area contributed by atoms with Gasteiger partial charge >= 0.3 is 0 Å². The molecule has 0 aliphatic carbocycles. The first kappa shape index (κ1) is 10.7. The Bertz CT molecular complexity index is 286. The van der Waals surface area contributed by atoms with Crippen molar-refractivity contribution in [3.8, 4) is 0 Å². The maximum absolute atomic E-state index is 5.35. The van der Waals surface area contributed by atoms with E-state index >= 15 is 0 Å². The van der Waals surface area contributed by atoms with E-state index in [0.717, 1.165) is 13.0 Å². The SMILES string of the molecule is CON1CCCC1CCc1ccccc1. The fourth-order valence-electron chi connectivity index (χ4n) is 2.32. The van der Waals surface area contributed by atoms with Crippen molar-refractivity contribution in [1.82, 2.24) is 5.06 Å². The highest BCUT2D eigenvalue weighted by molar-refractivity contribution is 5.14. The molecule has 2 nitrogen and oxygen atoms in total. The second-order valence-corrected chi connectivity index (χ2v) is 4.14. The van der Waals surface area contributed by atoms with Crippen LogP contribution in [0, 0.1) is 0 Å². The van der Waals surface area contributed by atoms with Gasteiger partial charge in [0.2, 0.25) is 0 Å². The predicted molar refractivity (Wildman–Crippen MR) is 61.5 cm³/mol. The Labute approximate surface area is 91.8 Å². The maximum Gasteiger partial charge on any atom is 0.0575 e. The van der Waals surface area contributed by atoms with Crippen molar-refractivity contribution in [1.29, 1.82) is 0 Å². The van der Waals surface area contributed by atoms with Crippen LogP contribution in [0.3, 0.4) is 0 Å². The highest BCUT2D eigenvalue weighted by atomic mass is 16.7. The molecule has 0 amide bonds. The molecule has 2 heteroatoms. The summed E-state index contributed by atoms with van der Waals surface area (Å²) in [4.78, 5) is 5.35. The van der Waals surface area contributed by atoms with Crippen LogP contribution in [-0.2, 0) is 11.3 Å². The zero-order valence-electron chi connectivity index (χ0n) is 9.36. The first-order valence-corrected chi connectivity index (χ1v) is 5.75. The number of hydrogen-bond acceptors (Lipinski definition) is 2. The lowest BCUT2D eigenvalue weighted by Gasteiger charge is -2.21. The number of hydroxylamine groups is 2. The van der Waals surface area contributed by atoms with Crippen molar-refractivity contribution < 1.29 is 4.84 Å². The van der Waals surface area contributed by atoms with Gasteiger partial charge in [-0.1, -0.05) is 30.3 Å². The highest BCUT2D eigenvalue weighted by Gasteiger charge is 2.23. The molecule has 15 heavy (non-hydrogen) atoms. The molecule has 0 spiro atoms. The first-order chi connectivity index (χ1) is 7.40. The summed E-state index contributed by atoms with van der Waals surface area (Å²) in [6.07, 6.45) is 4.91. The monoisotopic (exact) mass is 205 g/mol. The van der Waals surface area contributed by atoms with Crippen LogP contribution in [0.25, 0.3) is 0 Å². The number of aryl methyl sites for hydroxylation is 1. The molecule has 1 aromatic rings. The molecule has 1 heterocycles. The molecule has 1 saturated heterocycles. The Balaban J connectivity index is 1.83. The summed E-state index contributed by atoms with van der Waals surface area (Å²) in [5.41, 5.74) is 1.43.